The molecule has 0 aromatic rings. The van der Waals surface area contributed by atoms with Gasteiger partial charge < -0.3 is 10.2 Å². The van der Waals surface area contributed by atoms with Crippen LogP contribution in [0.2, 0.25) is 0 Å². The maximum absolute atomic E-state index is 12.1. The van der Waals surface area contributed by atoms with Crippen molar-refractivity contribution in [2.24, 2.45) is 5.92 Å². The smallest absolute Gasteiger partial charge is 0.317 e. The highest BCUT2D eigenvalue weighted by Crippen LogP contribution is 2.27. The lowest BCUT2D eigenvalue weighted by Crippen LogP contribution is -2.42. The molecule has 0 unspecified atom stereocenters. The third-order valence-corrected chi connectivity index (χ3v) is 3.50. The number of rotatable bonds is 9. The predicted octanol–water partition coefficient (Wildman–Crippen LogP) is 3.79. The van der Waals surface area contributed by atoms with Crippen molar-refractivity contribution in [1.29, 1.82) is 0 Å². The Kier molecular flexibility index (Phi) is 7.14. The summed E-state index contributed by atoms with van der Waals surface area (Å²) >= 11 is 0. The normalized spacial score (nSPS) is 14.9. The van der Waals surface area contributed by atoms with Crippen molar-refractivity contribution in [3.8, 4) is 0 Å². The molecule has 0 radical (unpaired) electrons. The van der Waals surface area contributed by atoms with Crippen LogP contribution in [0.4, 0.5) is 4.79 Å². The molecule has 1 rings (SSSR count). The van der Waals surface area contributed by atoms with Gasteiger partial charge in [0.25, 0.3) is 0 Å². The Morgan fingerprint density at radius 2 is 2.00 bits per heavy atom. The molecular weight excluding hydrogens is 224 g/mol. The molecule has 3 heteroatoms. The molecule has 0 aromatic heterocycles. The van der Waals surface area contributed by atoms with Gasteiger partial charge in [-0.1, -0.05) is 40.0 Å². The molecule has 0 heterocycles. The summed E-state index contributed by atoms with van der Waals surface area (Å²) in [6.45, 7) is 8.40. The second-order valence-electron chi connectivity index (χ2n) is 5.90. The maximum atomic E-state index is 12.1. The lowest BCUT2D eigenvalue weighted by molar-refractivity contribution is 0.191. The number of nitrogens with zero attached hydrogens (tertiary/aromatic N) is 1. The van der Waals surface area contributed by atoms with Crippen LogP contribution in [0.25, 0.3) is 0 Å². The number of hydrogen-bond donors (Lipinski definition) is 1. The molecule has 0 aromatic carbocycles. The van der Waals surface area contributed by atoms with E-state index in [0.29, 0.717) is 12.0 Å². The highest BCUT2D eigenvalue weighted by atomic mass is 16.2. The van der Waals surface area contributed by atoms with E-state index in [2.05, 4.69) is 31.0 Å². The summed E-state index contributed by atoms with van der Waals surface area (Å²) in [7, 11) is 0. The van der Waals surface area contributed by atoms with Crippen molar-refractivity contribution < 1.29 is 4.79 Å². The Balaban J connectivity index is 2.18. The Bertz CT molecular complexity index is 237. The maximum Gasteiger partial charge on any atom is 0.317 e. The largest absolute Gasteiger partial charge is 0.338 e. The number of carbonyl (C=O) groups excluding carboxylic acids is 1. The summed E-state index contributed by atoms with van der Waals surface area (Å²) in [5, 5.41) is 3.07. The van der Waals surface area contributed by atoms with Crippen LogP contribution in [0.15, 0.2) is 0 Å². The van der Waals surface area contributed by atoms with Gasteiger partial charge in [-0.2, -0.15) is 0 Å². The van der Waals surface area contributed by atoms with E-state index in [-0.39, 0.29) is 6.03 Å². The van der Waals surface area contributed by atoms with E-state index < -0.39 is 0 Å². The quantitative estimate of drug-likeness (QED) is 0.624. The molecule has 106 valence electrons. The van der Waals surface area contributed by atoms with E-state index in [1.54, 1.807) is 0 Å². The SMILES string of the molecule is CCCCCCNC(=O)N(CCC(C)C)C1CC1. The summed E-state index contributed by atoms with van der Waals surface area (Å²) in [6, 6.07) is 0.689. The van der Waals surface area contributed by atoms with Crippen LogP contribution >= 0.6 is 0 Å². The Morgan fingerprint density at radius 1 is 1.28 bits per heavy atom. The zero-order valence-electron chi connectivity index (χ0n) is 12.4. The topological polar surface area (TPSA) is 32.3 Å². The molecule has 0 saturated heterocycles. The van der Waals surface area contributed by atoms with Gasteiger partial charge in [-0.3, -0.25) is 0 Å². The third-order valence-electron chi connectivity index (χ3n) is 3.50. The van der Waals surface area contributed by atoms with Gasteiger partial charge in [0.05, 0.1) is 0 Å². The fourth-order valence-corrected chi connectivity index (χ4v) is 2.08. The minimum Gasteiger partial charge on any atom is -0.338 e. The molecule has 0 aliphatic heterocycles. The first-order valence-electron chi connectivity index (χ1n) is 7.69. The Morgan fingerprint density at radius 3 is 2.56 bits per heavy atom. The van der Waals surface area contributed by atoms with E-state index >= 15 is 0 Å². The molecule has 1 saturated carbocycles. The Labute approximate surface area is 112 Å². The van der Waals surface area contributed by atoms with Gasteiger partial charge >= 0.3 is 6.03 Å². The summed E-state index contributed by atoms with van der Waals surface area (Å²) in [4.78, 5) is 14.1. The first kappa shape index (κ1) is 15.3. The van der Waals surface area contributed by atoms with E-state index in [1.807, 2.05) is 0 Å². The lowest BCUT2D eigenvalue weighted by atomic mass is 10.1. The lowest BCUT2D eigenvalue weighted by Gasteiger charge is -2.23. The number of amides is 2. The van der Waals surface area contributed by atoms with E-state index in [1.165, 1.54) is 32.1 Å². The van der Waals surface area contributed by atoms with Crippen LogP contribution in [0.1, 0.15) is 65.7 Å². The summed E-state index contributed by atoms with van der Waals surface area (Å²) in [6.07, 6.45) is 8.36. The van der Waals surface area contributed by atoms with Gasteiger partial charge in [0.15, 0.2) is 0 Å². The first-order valence-corrected chi connectivity index (χ1v) is 7.69. The second-order valence-corrected chi connectivity index (χ2v) is 5.90. The van der Waals surface area contributed by atoms with Gasteiger partial charge in [0.1, 0.15) is 0 Å². The third kappa shape index (κ3) is 6.27. The fourth-order valence-electron chi connectivity index (χ4n) is 2.08. The predicted molar refractivity (Wildman–Crippen MR) is 76.7 cm³/mol. The molecule has 1 N–H and O–H groups in total. The van der Waals surface area contributed by atoms with Crippen LogP contribution in [0.3, 0.4) is 0 Å². The molecule has 18 heavy (non-hydrogen) atoms. The minimum atomic E-state index is 0.162. The van der Waals surface area contributed by atoms with Gasteiger partial charge in [-0.15, -0.1) is 0 Å². The van der Waals surface area contributed by atoms with Crippen LogP contribution in [-0.4, -0.2) is 30.1 Å². The van der Waals surface area contributed by atoms with Crippen molar-refractivity contribution in [3.63, 3.8) is 0 Å². The number of nitrogens with one attached hydrogen (secondary N) is 1. The van der Waals surface area contributed by atoms with Crippen LogP contribution in [0.5, 0.6) is 0 Å². The number of hydrogen-bond acceptors (Lipinski definition) is 1. The van der Waals surface area contributed by atoms with Crippen molar-refractivity contribution in [2.75, 3.05) is 13.1 Å². The minimum absolute atomic E-state index is 0.162. The monoisotopic (exact) mass is 254 g/mol. The van der Waals surface area contributed by atoms with E-state index in [4.69, 9.17) is 0 Å². The number of urea groups is 1. The van der Waals surface area contributed by atoms with E-state index in [9.17, 15) is 4.79 Å². The van der Waals surface area contributed by atoms with Crippen molar-refractivity contribution >= 4 is 6.03 Å². The number of unbranched alkanes of at least 4 members (excludes halogenated alkanes) is 3. The van der Waals surface area contributed by atoms with Crippen molar-refractivity contribution in [2.45, 2.75) is 71.8 Å². The molecule has 0 atom stereocenters. The van der Waals surface area contributed by atoms with Crippen molar-refractivity contribution in [3.05, 3.63) is 0 Å². The number of carbonyl (C=O) groups is 1. The molecule has 1 aliphatic rings. The average molecular weight is 254 g/mol. The average Bonchev–Trinajstić information content (AvgIpc) is 3.13. The molecule has 0 spiro atoms. The van der Waals surface area contributed by atoms with E-state index in [0.717, 1.165) is 25.9 Å². The second kappa shape index (κ2) is 8.39. The molecule has 0 bridgehead atoms. The standard InChI is InChI=1S/C15H30N2O/c1-4-5-6-7-11-16-15(18)17(14-8-9-14)12-10-13(2)3/h13-14H,4-12H2,1-3H3,(H,16,18). The van der Waals surface area contributed by atoms with Gasteiger partial charge in [-0.05, 0) is 31.6 Å². The van der Waals surface area contributed by atoms with Crippen LogP contribution < -0.4 is 5.32 Å². The highest BCUT2D eigenvalue weighted by molar-refractivity contribution is 5.74. The van der Waals surface area contributed by atoms with Gasteiger partial charge in [0.2, 0.25) is 0 Å². The van der Waals surface area contributed by atoms with Crippen LogP contribution in [-0.2, 0) is 0 Å². The summed E-state index contributed by atoms with van der Waals surface area (Å²) in [5.74, 6) is 0.670. The molecule has 2 amide bonds. The zero-order valence-corrected chi connectivity index (χ0v) is 12.4. The zero-order chi connectivity index (χ0) is 13.4. The Hall–Kier alpha value is -0.730. The first-order chi connectivity index (χ1) is 8.65. The van der Waals surface area contributed by atoms with Gasteiger partial charge in [0, 0.05) is 19.1 Å². The molecule has 3 nitrogen and oxygen atoms in total. The molecule has 1 fully saturated rings. The van der Waals surface area contributed by atoms with Crippen molar-refractivity contribution in [1.82, 2.24) is 10.2 Å². The molecule has 1 aliphatic carbocycles. The fraction of sp³-hybridized carbons (Fsp3) is 0.933. The summed E-state index contributed by atoms with van der Waals surface area (Å²) in [5.41, 5.74) is 0. The summed E-state index contributed by atoms with van der Waals surface area (Å²) < 4.78 is 0. The van der Waals surface area contributed by atoms with Gasteiger partial charge in [-0.25, -0.2) is 4.79 Å². The van der Waals surface area contributed by atoms with Crippen LogP contribution in [0, 0.1) is 5.92 Å². The highest BCUT2D eigenvalue weighted by Gasteiger charge is 2.32. The molecular formula is C15H30N2O.